The lowest BCUT2D eigenvalue weighted by Gasteiger charge is -2.20. The van der Waals surface area contributed by atoms with E-state index in [0.29, 0.717) is 29.5 Å². The molecule has 0 amide bonds. The van der Waals surface area contributed by atoms with E-state index in [1.54, 1.807) is 25.1 Å². The van der Waals surface area contributed by atoms with Gasteiger partial charge in [-0.1, -0.05) is 19.9 Å². The number of nitrogens with one attached hydrogen (secondary N) is 1. The van der Waals surface area contributed by atoms with Gasteiger partial charge >= 0.3 is 5.97 Å². The van der Waals surface area contributed by atoms with Gasteiger partial charge in [-0.15, -0.1) is 0 Å². The second-order valence-electron chi connectivity index (χ2n) is 5.17. The predicted molar refractivity (Wildman–Crippen MR) is 79.4 cm³/mol. The van der Waals surface area contributed by atoms with E-state index in [0.717, 1.165) is 6.42 Å². The van der Waals surface area contributed by atoms with Crippen LogP contribution in [0.5, 0.6) is 0 Å². The lowest BCUT2D eigenvalue weighted by atomic mass is 10.0. The second-order valence-corrected chi connectivity index (χ2v) is 5.17. The van der Waals surface area contributed by atoms with E-state index in [-0.39, 0.29) is 12.0 Å². The molecule has 0 aliphatic carbocycles. The third-order valence-corrected chi connectivity index (χ3v) is 2.81. The van der Waals surface area contributed by atoms with Gasteiger partial charge in [0.1, 0.15) is 0 Å². The van der Waals surface area contributed by atoms with Crippen molar-refractivity contribution in [2.75, 3.05) is 17.7 Å². The Labute approximate surface area is 115 Å². The summed E-state index contributed by atoms with van der Waals surface area (Å²) in [6, 6.07) is 5.53. The van der Waals surface area contributed by atoms with Gasteiger partial charge in [0.15, 0.2) is 0 Å². The molecule has 1 atom stereocenters. The number of carbonyl (C=O) groups is 1. The molecule has 0 spiro atoms. The minimum Gasteiger partial charge on any atom is -0.462 e. The number of esters is 1. The zero-order valence-electron chi connectivity index (χ0n) is 12.2. The van der Waals surface area contributed by atoms with Crippen molar-refractivity contribution in [1.29, 1.82) is 0 Å². The monoisotopic (exact) mass is 264 g/mol. The highest BCUT2D eigenvalue weighted by Gasteiger charge is 2.16. The molecule has 19 heavy (non-hydrogen) atoms. The van der Waals surface area contributed by atoms with Gasteiger partial charge in [0.05, 0.1) is 23.5 Å². The minimum absolute atomic E-state index is 0.248. The van der Waals surface area contributed by atoms with E-state index in [1.165, 1.54) is 0 Å². The van der Waals surface area contributed by atoms with Crippen LogP contribution in [-0.2, 0) is 4.74 Å². The topological polar surface area (TPSA) is 64.3 Å². The first-order chi connectivity index (χ1) is 8.95. The molecule has 1 unspecified atom stereocenters. The van der Waals surface area contributed by atoms with Crippen molar-refractivity contribution in [3.8, 4) is 0 Å². The molecule has 0 bridgehead atoms. The maximum absolute atomic E-state index is 11.9. The quantitative estimate of drug-likeness (QED) is 0.611. The third-order valence-electron chi connectivity index (χ3n) is 2.81. The van der Waals surface area contributed by atoms with E-state index in [1.807, 2.05) is 0 Å². The Hall–Kier alpha value is -1.71. The molecule has 1 rings (SSSR count). The van der Waals surface area contributed by atoms with Crippen LogP contribution in [0, 0.1) is 5.92 Å². The standard InChI is InChI=1S/C15H24N2O2/c1-5-19-15(18)12-7-6-8-13(16)14(12)17-11(4)9-10(2)3/h6-8,10-11,17H,5,9,16H2,1-4H3. The first-order valence-corrected chi connectivity index (χ1v) is 6.77. The summed E-state index contributed by atoms with van der Waals surface area (Å²) >= 11 is 0. The molecule has 4 nitrogen and oxygen atoms in total. The minimum atomic E-state index is -0.339. The molecule has 3 N–H and O–H groups in total. The molecular weight excluding hydrogens is 240 g/mol. The number of hydrogen-bond acceptors (Lipinski definition) is 4. The van der Waals surface area contributed by atoms with Crippen LogP contribution >= 0.6 is 0 Å². The maximum Gasteiger partial charge on any atom is 0.340 e. The van der Waals surface area contributed by atoms with Gasteiger partial charge in [0.2, 0.25) is 0 Å². The normalized spacial score (nSPS) is 12.3. The molecule has 0 radical (unpaired) electrons. The maximum atomic E-state index is 11.9. The van der Waals surface area contributed by atoms with Gasteiger partial charge in [0.25, 0.3) is 0 Å². The highest BCUT2D eigenvalue weighted by atomic mass is 16.5. The van der Waals surface area contributed by atoms with Crippen molar-refractivity contribution in [1.82, 2.24) is 0 Å². The number of hydrogen-bond donors (Lipinski definition) is 2. The number of rotatable bonds is 6. The highest BCUT2D eigenvalue weighted by molar-refractivity contribution is 5.98. The first kappa shape index (κ1) is 15.3. The van der Waals surface area contributed by atoms with E-state index in [2.05, 4.69) is 26.1 Å². The van der Waals surface area contributed by atoms with Gasteiger partial charge in [-0.25, -0.2) is 4.79 Å². The molecule has 0 fully saturated rings. The first-order valence-electron chi connectivity index (χ1n) is 6.77. The summed E-state index contributed by atoms with van der Waals surface area (Å²) in [5.74, 6) is 0.243. The van der Waals surface area contributed by atoms with Crippen LogP contribution in [0.2, 0.25) is 0 Å². The number of nitrogen functional groups attached to an aromatic ring is 1. The Balaban J connectivity index is 2.94. The fourth-order valence-electron chi connectivity index (χ4n) is 2.12. The lowest BCUT2D eigenvalue weighted by molar-refractivity contribution is 0.0527. The van der Waals surface area contributed by atoms with Gasteiger partial charge in [0, 0.05) is 6.04 Å². The average molecular weight is 264 g/mol. The van der Waals surface area contributed by atoms with Crippen LogP contribution < -0.4 is 11.1 Å². The smallest absolute Gasteiger partial charge is 0.340 e. The van der Waals surface area contributed by atoms with Crippen LogP contribution in [0.1, 0.15) is 44.5 Å². The van der Waals surface area contributed by atoms with E-state index in [9.17, 15) is 4.79 Å². The molecule has 106 valence electrons. The van der Waals surface area contributed by atoms with Crippen molar-refractivity contribution in [3.05, 3.63) is 23.8 Å². The highest BCUT2D eigenvalue weighted by Crippen LogP contribution is 2.26. The van der Waals surface area contributed by atoms with Crippen molar-refractivity contribution in [2.45, 2.75) is 40.2 Å². The number of ether oxygens (including phenoxy) is 1. The van der Waals surface area contributed by atoms with Crippen molar-refractivity contribution in [2.24, 2.45) is 5.92 Å². The predicted octanol–water partition coefficient (Wildman–Crippen LogP) is 3.29. The number of benzene rings is 1. The Kier molecular flexibility index (Phi) is 5.67. The number of carbonyl (C=O) groups excluding carboxylic acids is 1. The molecule has 0 heterocycles. The SMILES string of the molecule is CCOC(=O)c1cccc(N)c1NC(C)CC(C)C. The molecule has 0 saturated carbocycles. The Morgan fingerprint density at radius 2 is 2.05 bits per heavy atom. The third kappa shape index (κ3) is 4.47. The summed E-state index contributed by atoms with van der Waals surface area (Å²) in [4.78, 5) is 11.9. The van der Waals surface area contributed by atoms with Gasteiger partial charge in [-0.2, -0.15) is 0 Å². The van der Waals surface area contributed by atoms with Crippen molar-refractivity contribution >= 4 is 17.3 Å². The molecule has 1 aromatic carbocycles. The summed E-state index contributed by atoms with van der Waals surface area (Å²) in [6.45, 7) is 8.56. The van der Waals surface area contributed by atoms with Gasteiger partial charge in [-0.05, 0) is 38.3 Å². The summed E-state index contributed by atoms with van der Waals surface area (Å²) in [5, 5.41) is 3.32. The Bertz CT molecular complexity index is 430. The second kappa shape index (κ2) is 7.02. The molecule has 4 heteroatoms. The van der Waals surface area contributed by atoms with Crippen molar-refractivity contribution in [3.63, 3.8) is 0 Å². The number of para-hydroxylation sites is 1. The van der Waals surface area contributed by atoms with Crippen LogP contribution in [0.4, 0.5) is 11.4 Å². The zero-order chi connectivity index (χ0) is 14.4. The van der Waals surface area contributed by atoms with Crippen LogP contribution in [0.3, 0.4) is 0 Å². The van der Waals surface area contributed by atoms with E-state index < -0.39 is 0 Å². The molecule has 1 aromatic rings. The molecule has 0 saturated heterocycles. The summed E-state index contributed by atoms with van der Waals surface area (Å²) in [5.41, 5.74) is 7.71. The van der Waals surface area contributed by atoms with Crippen LogP contribution in [0.25, 0.3) is 0 Å². The number of nitrogens with two attached hydrogens (primary N) is 1. The largest absolute Gasteiger partial charge is 0.462 e. The lowest BCUT2D eigenvalue weighted by Crippen LogP contribution is -2.21. The summed E-state index contributed by atoms with van der Waals surface area (Å²) in [6.07, 6.45) is 1.01. The van der Waals surface area contributed by atoms with Gasteiger partial charge in [-0.3, -0.25) is 0 Å². The fourth-order valence-corrected chi connectivity index (χ4v) is 2.12. The molecule has 0 aromatic heterocycles. The summed E-state index contributed by atoms with van der Waals surface area (Å²) in [7, 11) is 0. The van der Waals surface area contributed by atoms with Gasteiger partial charge < -0.3 is 15.8 Å². The van der Waals surface area contributed by atoms with Crippen LogP contribution in [-0.4, -0.2) is 18.6 Å². The Morgan fingerprint density at radius 1 is 1.37 bits per heavy atom. The fraction of sp³-hybridized carbons (Fsp3) is 0.533. The molecule has 0 aliphatic heterocycles. The van der Waals surface area contributed by atoms with E-state index >= 15 is 0 Å². The number of anilines is 2. The zero-order valence-corrected chi connectivity index (χ0v) is 12.2. The average Bonchev–Trinajstić information content (AvgIpc) is 2.31. The van der Waals surface area contributed by atoms with E-state index in [4.69, 9.17) is 10.5 Å². The molecule has 0 aliphatic rings. The molecular formula is C15H24N2O2. The Morgan fingerprint density at radius 3 is 2.63 bits per heavy atom. The van der Waals surface area contributed by atoms with Crippen molar-refractivity contribution < 1.29 is 9.53 Å². The summed E-state index contributed by atoms with van der Waals surface area (Å²) < 4.78 is 5.05. The van der Waals surface area contributed by atoms with Crippen LogP contribution in [0.15, 0.2) is 18.2 Å².